The molecule has 0 bridgehead atoms. The first-order valence-corrected chi connectivity index (χ1v) is 9.71. The molecule has 2 aromatic heterocycles. The number of fused-ring (bicyclic) bond motifs is 1. The highest BCUT2D eigenvalue weighted by atomic mass is 16.1. The van der Waals surface area contributed by atoms with Crippen molar-refractivity contribution >= 4 is 5.91 Å². The van der Waals surface area contributed by atoms with Gasteiger partial charge in [-0.25, -0.2) is 4.98 Å². The molecular formula is C22H25N5O. The summed E-state index contributed by atoms with van der Waals surface area (Å²) in [6.45, 7) is 2.91. The van der Waals surface area contributed by atoms with E-state index in [0.717, 1.165) is 37.2 Å². The number of aromatic nitrogens is 3. The third kappa shape index (κ3) is 3.68. The maximum absolute atomic E-state index is 11.4. The number of aromatic amines is 1. The lowest BCUT2D eigenvalue weighted by atomic mass is 9.89. The lowest BCUT2D eigenvalue weighted by molar-refractivity contribution is 0.1000. The van der Waals surface area contributed by atoms with Gasteiger partial charge in [0, 0.05) is 30.7 Å². The number of primary amides is 1. The minimum Gasteiger partial charge on any atom is -0.366 e. The molecule has 6 nitrogen and oxygen atoms in total. The van der Waals surface area contributed by atoms with Crippen molar-refractivity contribution in [2.24, 2.45) is 5.73 Å². The molecule has 0 aliphatic heterocycles. The number of nitrogens with two attached hydrogens (primary N) is 1. The lowest BCUT2D eigenvalue weighted by Gasteiger charge is -2.38. The topological polar surface area (TPSA) is 87.9 Å². The molecule has 3 aromatic rings. The van der Waals surface area contributed by atoms with Crippen molar-refractivity contribution in [3.8, 4) is 0 Å². The lowest BCUT2D eigenvalue weighted by Crippen LogP contribution is -2.34. The number of rotatable bonds is 6. The highest BCUT2D eigenvalue weighted by Gasteiger charge is 2.31. The van der Waals surface area contributed by atoms with Gasteiger partial charge in [-0.3, -0.25) is 14.7 Å². The number of nitrogens with one attached hydrogen (secondary N) is 1. The number of pyridine rings is 1. The zero-order valence-corrected chi connectivity index (χ0v) is 16.0. The van der Waals surface area contributed by atoms with Crippen LogP contribution in [0.2, 0.25) is 0 Å². The van der Waals surface area contributed by atoms with E-state index in [2.05, 4.69) is 27.9 Å². The van der Waals surface area contributed by atoms with E-state index in [0.29, 0.717) is 5.56 Å². The van der Waals surface area contributed by atoms with Crippen LogP contribution in [-0.4, -0.2) is 25.8 Å². The van der Waals surface area contributed by atoms with Crippen LogP contribution in [0.25, 0.3) is 0 Å². The van der Waals surface area contributed by atoms with Gasteiger partial charge in [-0.2, -0.15) is 0 Å². The molecule has 0 saturated carbocycles. The quantitative estimate of drug-likeness (QED) is 0.690. The molecule has 1 amide bonds. The number of aryl methyl sites for hydroxylation is 1. The van der Waals surface area contributed by atoms with Crippen LogP contribution in [-0.2, 0) is 13.0 Å². The average Bonchev–Trinajstić information content (AvgIpc) is 3.26. The summed E-state index contributed by atoms with van der Waals surface area (Å²) >= 11 is 0. The van der Waals surface area contributed by atoms with Gasteiger partial charge in [0.15, 0.2) is 0 Å². The molecule has 144 valence electrons. The van der Waals surface area contributed by atoms with Crippen LogP contribution in [0, 0.1) is 0 Å². The minimum absolute atomic E-state index is 0.101. The summed E-state index contributed by atoms with van der Waals surface area (Å²) in [4.78, 5) is 26.3. The smallest absolute Gasteiger partial charge is 0.248 e. The number of benzene rings is 1. The van der Waals surface area contributed by atoms with Crippen LogP contribution in [0.1, 0.15) is 64.9 Å². The summed E-state index contributed by atoms with van der Waals surface area (Å²) in [5.41, 5.74) is 9.54. The minimum atomic E-state index is -0.405. The molecule has 3 N–H and O–H groups in total. The maximum Gasteiger partial charge on any atom is 0.248 e. The first-order chi connectivity index (χ1) is 13.6. The number of hydrogen-bond donors (Lipinski definition) is 2. The monoisotopic (exact) mass is 375 g/mol. The first-order valence-electron chi connectivity index (χ1n) is 9.71. The van der Waals surface area contributed by atoms with E-state index in [1.807, 2.05) is 30.6 Å². The van der Waals surface area contributed by atoms with Gasteiger partial charge < -0.3 is 10.7 Å². The standard InChI is InChI=1S/C22H25N5O/c1-15(22-25-12-13-26-22)27(14-16-7-9-18(10-8-16)21(23)28)19-6-2-4-17-5-3-11-24-20(17)19/h3,5,7-13,15,19H,2,4,6,14H2,1H3,(H2,23,28)(H,25,26). The summed E-state index contributed by atoms with van der Waals surface area (Å²) < 4.78 is 0. The fraction of sp³-hybridized carbons (Fsp3) is 0.318. The summed E-state index contributed by atoms with van der Waals surface area (Å²) in [6.07, 6.45) is 8.82. The molecule has 1 aliphatic carbocycles. The third-order valence-corrected chi connectivity index (χ3v) is 5.58. The van der Waals surface area contributed by atoms with E-state index < -0.39 is 5.91 Å². The Morgan fingerprint density at radius 3 is 2.79 bits per heavy atom. The van der Waals surface area contributed by atoms with Gasteiger partial charge >= 0.3 is 0 Å². The zero-order valence-electron chi connectivity index (χ0n) is 16.0. The van der Waals surface area contributed by atoms with Crippen molar-refractivity contribution in [1.29, 1.82) is 0 Å². The fourth-order valence-electron chi connectivity index (χ4n) is 4.07. The predicted molar refractivity (Wildman–Crippen MR) is 107 cm³/mol. The van der Waals surface area contributed by atoms with Gasteiger partial charge in [0.2, 0.25) is 5.91 Å². The molecule has 2 heterocycles. The molecule has 1 aromatic carbocycles. The van der Waals surface area contributed by atoms with Crippen LogP contribution in [0.5, 0.6) is 0 Å². The van der Waals surface area contributed by atoms with E-state index in [1.165, 1.54) is 11.3 Å². The molecule has 1 aliphatic rings. The number of hydrogen-bond acceptors (Lipinski definition) is 4. The molecule has 0 fully saturated rings. The van der Waals surface area contributed by atoms with E-state index >= 15 is 0 Å². The Hall–Kier alpha value is -2.99. The molecule has 2 atom stereocenters. The SMILES string of the molecule is CC(c1ncc[nH]1)N(Cc1ccc(C(N)=O)cc1)C1CCCc2cccnc21. The van der Waals surface area contributed by atoms with Crippen molar-refractivity contribution < 1.29 is 4.79 Å². The Morgan fingerprint density at radius 1 is 1.25 bits per heavy atom. The second-order valence-corrected chi connectivity index (χ2v) is 7.34. The van der Waals surface area contributed by atoms with Crippen molar-refractivity contribution in [1.82, 2.24) is 19.9 Å². The van der Waals surface area contributed by atoms with Crippen LogP contribution in [0.3, 0.4) is 0 Å². The molecular weight excluding hydrogens is 350 g/mol. The van der Waals surface area contributed by atoms with Gasteiger partial charge in [-0.15, -0.1) is 0 Å². The van der Waals surface area contributed by atoms with Crippen molar-refractivity contribution in [3.05, 3.63) is 83.2 Å². The molecule has 0 saturated heterocycles. The van der Waals surface area contributed by atoms with Crippen molar-refractivity contribution in [2.45, 2.75) is 44.8 Å². The second kappa shape index (κ2) is 7.94. The summed E-state index contributed by atoms with van der Waals surface area (Å²) in [5, 5.41) is 0. The number of nitrogens with zero attached hydrogens (tertiary/aromatic N) is 3. The van der Waals surface area contributed by atoms with Gasteiger partial charge in [0.25, 0.3) is 0 Å². The number of imidazole rings is 1. The van der Waals surface area contributed by atoms with Crippen LogP contribution in [0.4, 0.5) is 0 Å². The summed E-state index contributed by atoms with van der Waals surface area (Å²) in [5.74, 6) is 0.537. The Morgan fingerprint density at radius 2 is 2.07 bits per heavy atom. The molecule has 0 spiro atoms. The van der Waals surface area contributed by atoms with E-state index in [1.54, 1.807) is 18.3 Å². The van der Waals surface area contributed by atoms with E-state index in [-0.39, 0.29) is 12.1 Å². The van der Waals surface area contributed by atoms with Gasteiger partial charge in [-0.05, 0) is 55.5 Å². The normalized spacial score (nSPS) is 17.3. The Balaban J connectivity index is 1.68. The second-order valence-electron chi connectivity index (χ2n) is 7.34. The molecule has 4 rings (SSSR count). The molecule has 0 radical (unpaired) electrons. The van der Waals surface area contributed by atoms with Crippen LogP contribution >= 0.6 is 0 Å². The van der Waals surface area contributed by atoms with Crippen molar-refractivity contribution in [2.75, 3.05) is 0 Å². The van der Waals surface area contributed by atoms with Gasteiger partial charge in [-0.1, -0.05) is 18.2 Å². The predicted octanol–water partition coefficient (Wildman–Crippen LogP) is 3.54. The Kier molecular flexibility index (Phi) is 5.21. The van der Waals surface area contributed by atoms with E-state index in [9.17, 15) is 4.79 Å². The van der Waals surface area contributed by atoms with Gasteiger partial charge in [0.1, 0.15) is 5.82 Å². The summed E-state index contributed by atoms with van der Waals surface area (Å²) in [7, 11) is 0. The number of amides is 1. The Labute approximate surface area is 164 Å². The summed E-state index contributed by atoms with van der Waals surface area (Å²) in [6, 6.07) is 12.1. The van der Waals surface area contributed by atoms with Crippen LogP contribution < -0.4 is 5.73 Å². The average molecular weight is 375 g/mol. The van der Waals surface area contributed by atoms with Gasteiger partial charge in [0.05, 0.1) is 17.8 Å². The number of carbonyl (C=O) groups excluding carboxylic acids is 1. The molecule has 2 unspecified atom stereocenters. The number of H-pyrrole nitrogens is 1. The fourth-order valence-corrected chi connectivity index (χ4v) is 4.07. The molecule has 6 heteroatoms. The Bertz CT molecular complexity index is 936. The maximum atomic E-state index is 11.4. The van der Waals surface area contributed by atoms with Crippen molar-refractivity contribution in [3.63, 3.8) is 0 Å². The molecule has 28 heavy (non-hydrogen) atoms. The van der Waals surface area contributed by atoms with Crippen LogP contribution in [0.15, 0.2) is 55.0 Å². The highest BCUT2D eigenvalue weighted by Crippen LogP contribution is 2.38. The third-order valence-electron chi connectivity index (χ3n) is 5.58. The largest absolute Gasteiger partial charge is 0.366 e. The van der Waals surface area contributed by atoms with E-state index in [4.69, 9.17) is 10.7 Å². The zero-order chi connectivity index (χ0) is 19.5. The first kappa shape index (κ1) is 18.4. The highest BCUT2D eigenvalue weighted by molar-refractivity contribution is 5.92. The number of carbonyl (C=O) groups is 1.